The second-order valence-electron chi connectivity index (χ2n) is 9.30. The van der Waals surface area contributed by atoms with Crippen LogP contribution in [-0.4, -0.2) is 60.7 Å². The number of aryl methyl sites for hydroxylation is 1. The van der Waals surface area contributed by atoms with Crippen molar-refractivity contribution in [1.29, 1.82) is 0 Å². The van der Waals surface area contributed by atoms with Crippen LogP contribution < -0.4 is 10.6 Å². The number of pyridine rings is 1. The minimum atomic E-state index is 0.0917. The minimum absolute atomic E-state index is 0.0917. The first-order valence-electron chi connectivity index (χ1n) is 12.4. The van der Waals surface area contributed by atoms with Gasteiger partial charge in [-0.25, -0.2) is 9.97 Å². The van der Waals surface area contributed by atoms with Crippen LogP contribution in [0.2, 0.25) is 0 Å². The highest BCUT2D eigenvalue weighted by molar-refractivity contribution is 5.94. The summed E-state index contributed by atoms with van der Waals surface area (Å²) >= 11 is 0. The Balaban J connectivity index is 1.20. The van der Waals surface area contributed by atoms with Crippen molar-refractivity contribution in [3.63, 3.8) is 0 Å². The zero-order chi connectivity index (χ0) is 24.5. The fraction of sp³-hybridized carbons (Fsp3) is 0.296. The fourth-order valence-electron chi connectivity index (χ4n) is 5.03. The average Bonchev–Trinajstić information content (AvgIpc) is 3.52. The molecule has 36 heavy (non-hydrogen) atoms. The zero-order valence-electron chi connectivity index (χ0n) is 20.1. The molecule has 6 rings (SSSR count). The van der Waals surface area contributed by atoms with Crippen LogP contribution in [0.5, 0.6) is 0 Å². The van der Waals surface area contributed by atoms with Crippen LogP contribution in [0.15, 0.2) is 67.3 Å². The van der Waals surface area contributed by atoms with E-state index < -0.39 is 0 Å². The van der Waals surface area contributed by atoms with Crippen molar-refractivity contribution >= 4 is 17.5 Å². The topological polar surface area (TPSA) is 101 Å². The van der Waals surface area contributed by atoms with Crippen LogP contribution in [0.4, 0.5) is 11.6 Å². The van der Waals surface area contributed by atoms with Gasteiger partial charge in [0.2, 0.25) is 5.95 Å². The quantitative estimate of drug-likeness (QED) is 0.434. The van der Waals surface area contributed by atoms with Gasteiger partial charge in [0.25, 0.3) is 5.91 Å². The highest BCUT2D eigenvalue weighted by atomic mass is 16.2. The molecule has 1 aromatic carbocycles. The van der Waals surface area contributed by atoms with E-state index in [9.17, 15) is 4.79 Å². The molecule has 3 aromatic heterocycles. The first kappa shape index (κ1) is 22.4. The van der Waals surface area contributed by atoms with Gasteiger partial charge in [-0.2, -0.15) is 5.10 Å². The lowest BCUT2D eigenvalue weighted by atomic mass is 10.1. The standard InChI is InChI=1S/C27H28N8O/c1-2-35-17-23(25(33-35)19-4-3-12-28-14-19)24-11-13-29-27(32-24)31-20-7-5-18(6-8-20)26(36)34-15-21-9-10-22(16-34)30-21/h3-8,11-14,17,21-22,30H,2,9-10,15-16H2,1H3,(H,29,31,32). The SMILES string of the molecule is CCn1cc(-c2ccnc(Nc3ccc(C(=O)N4CC5CCC(C4)N5)cc3)n2)c(-c2cccnc2)n1. The Bertz CT molecular complexity index is 1360. The number of carbonyl (C=O) groups excluding carboxylic acids is 1. The Kier molecular flexibility index (Phi) is 5.90. The molecule has 1 amide bonds. The third kappa shape index (κ3) is 4.45. The predicted octanol–water partition coefficient (Wildman–Crippen LogP) is 3.74. The van der Waals surface area contributed by atoms with Gasteiger partial charge >= 0.3 is 0 Å². The van der Waals surface area contributed by atoms with E-state index in [1.807, 2.05) is 58.2 Å². The predicted molar refractivity (Wildman–Crippen MR) is 138 cm³/mol. The largest absolute Gasteiger partial charge is 0.336 e. The van der Waals surface area contributed by atoms with E-state index in [0.717, 1.165) is 60.7 Å². The van der Waals surface area contributed by atoms with Gasteiger partial charge in [-0.15, -0.1) is 0 Å². The molecule has 2 atom stereocenters. The molecule has 2 saturated heterocycles. The van der Waals surface area contributed by atoms with E-state index in [1.165, 1.54) is 0 Å². The maximum absolute atomic E-state index is 13.0. The summed E-state index contributed by atoms with van der Waals surface area (Å²) in [6, 6.07) is 14.2. The van der Waals surface area contributed by atoms with E-state index in [4.69, 9.17) is 10.1 Å². The summed E-state index contributed by atoms with van der Waals surface area (Å²) in [5, 5.41) is 11.6. The lowest BCUT2D eigenvalue weighted by Crippen LogP contribution is -2.53. The van der Waals surface area contributed by atoms with E-state index >= 15 is 0 Å². The third-order valence-corrected chi connectivity index (χ3v) is 6.84. The molecule has 9 nitrogen and oxygen atoms in total. The van der Waals surface area contributed by atoms with Crippen molar-refractivity contribution in [1.82, 2.24) is 34.9 Å². The van der Waals surface area contributed by atoms with Gasteiger partial charge in [-0.05, 0) is 62.2 Å². The second-order valence-corrected chi connectivity index (χ2v) is 9.30. The number of benzene rings is 1. The van der Waals surface area contributed by atoms with E-state index in [2.05, 4.69) is 27.5 Å². The van der Waals surface area contributed by atoms with Crippen molar-refractivity contribution in [2.45, 2.75) is 38.4 Å². The van der Waals surface area contributed by atoms with E-state index in [1.54, 1.807) is 18.6 Å². The molecular weight excluding hydrogens is 452 g/mol. The Morgan fingerprint density at radius 2 is 1.89 bits per heavy atom. The Hall–Kier alpha value is -4.11. The second kappa shape index (κ2) is 9.50. The summed E-state index contributed by atoms with van der Waals surface area (Å²) in [5.41, 5.74) is 4.97. The Morgan fingerprint density at radius 1 is 1.08 bits per heavy atom. The van der Waals surface area contributed by atoms with Gasteiger partial charge in [0, 0.05) is 78.9 Å². The number of aromatic nitrogens is 5. The summed E-state index contributed by atoms with van der Waals surface area (Å²) in [7, 11) is 0. The van der Waals surface area contributed by atoms with E-state index in [-0.39, 0.29) is 5.91 Å². The smallest absolute Gasteiger partial charge is 0.253 e. The van der Waals surface area contributed by atoms with Crippen LogP contribution in [-0.2, 0) is 6.54 Å². The van der Waals surface area contributed by atoms with Crippen molar-refractivity contribution in [2.24, 2.45) is 0 Å². The number of piperazine rings is 1. The number of hydrogen-bond donors (Lipinski definition) is 2. The number of anilines is 2. The number of likely N-dealkylation sites (tertiary alicyclic amines) is 1. The van der Waals surface area contributed by atoms with Crippen molar-refractivity contribution in [3.05, 3.63) is 72.8 Å². The maximum atomic E-state index is 13.0. The van der Waals surface area contributed by atoms with Gasteiger partial charge in [-0.1, -0.05) is 0 Å². The van der Waals surface area contributed by atoms with Crippen LogP contribution in [0.1, 0.15) is 30.1 Å². The van der Waals surface area contributed by atoms with Crippen LogP contribution in [0.3, 0.4) is 0 Å². The molecule has 182 valence electrons. The molecule has 0 radical (unpaired) electrons. The monoisotopic (exact) mass is 480 g/mol. The molecule has 0 aliphatic carbocycles. The maximum Gasteiger partial charge on any atom is 0.253 e. The fourth-order valence-corrected chi connectivity index (χ4v) is 5.03. The number of hydrogen-bond acceptors (Lipinski definition) is 7. The number of rotatable bonds is 6. The molecule has 2 fully saturated rings. The van der Waals surface area contributed by atoms with Crippen molar-refractivity contribution in [2.75, 3.05) is 18.4 Å². The summed E-state index contributed by atoms with van der Waals surface area (Å²) in [4.78, 5) is 28.4. The summed E-state index contributed by atoms with van der Waals surface area (Å²) in [5.74, 6) is 0.570. The van der Waals surface area contributed by atoms with E-state index in [0.29, 0.717) is 23.6 Å². The first-order valence-corrected chi connectivity index (χ1v) is 12.4. The minimum Gasteiger partial charge on any atom is -0.336 e. The molecular formula is C27H28N8O. The van der Waals surface area contributed by atoms with Crippen LogP contribution in [0.25, 0.3) is 22.5 Å². The summed E-state index contributed by atoms with van der Waals surface area (Å²) in [6.45, 7) is 4.37. The molecule has 5 heterocycles. The molecule has 4 aromatic rings. The molecule has 2 bridgehead atoms. The zero-order valence-corrected chi connectivity index (χ0v) is 20.1. The van der Waals surface area contributed by atoms with Gasteiger partial charge in [0.05, 0.1) is 5.69 Å². The van der Waals surface area contributed by atoms with Gasteiger partial charge in [-0.3, -0.25) is 14.5 Å². The normalized spacial score (nSPS) is 18.9. The number of fused-ring (bicyclic) bond motifs is 2. The first-order chi connectivity index (χ1) is 17.7. The third-order valence-electron chi connectivity index (χ3n) is 6.84. The highest BCUT2D eigenvalue weighted by Gasteiger charge is 2.34. The number of carbonyl (C=O) groups is 1. The van der Waals surface area contributed by atoms with Crippen molar-refractivity contribution < 1.29 is 4.79 Å². The number of nitrogens with one attached hydrogen (secondary N) is 2. The van der Waals surface area contributed by atoms with Gasteiger partial charge in [0.1, 0.15) is 5.69 Å². The molecule has 2 unspecified atom stereocenters. The molecule has 2 aliphatic heterocycles. The Labute approximate surface area is 209 Å². The van der Waals surface area contributed by atoms with Crippen molar-refractivity contribution in [3.8, 4) is 22.5 Å². The average molecular weight is 481 g/mol. The lowest BCUT2D eigenvalue weighted by Gasteiger charge is -2.33. The van der Waals surface area contributed by atoms with Gasteiger partial charge in [0.15, 0.2) is 0 Å². The highest BCUT2D eigenvalue weighted by Crippen LogP contribution is 2.30. The summed E-state index contributed by atoms with van der Waals surface area (Å²) in [6.07, 6.45) is 9.59. The molecule has 2 aliphatic rings. The molecule has 2 N–H and O–H groups in total. The van der Waals surface area contributed by atoms with Crippen LogP contribution >= 0.6 is 0 Å². The number of amides is 1. The molecule has 0 spiro atoms. The van der Waals surface area contributed by atoms with Crippen LogP contribution in [0, 0.1) is 0 Å². The lowest BCUT2D eigenvalue weighted by molar-refractivity contribution is 0.0697. The summed E-state index contributed by atoms with van der Waals surface area (Å²) < 4.78 is 1.90. The van der Waals surface area contributed by atoms with Gasteiger partial charge < -0.3 is 15.5 Å². The number of nitrogens with zero attached hydrogens (tertiary/aromatic N) is 6. The Morgan fingerprint density at radius 3 is 2.61 bits per heavy atom. The molecule has 0 saturated carbocycles. The molecule has 9 heteroatoms.